The molecule has 0 radical (unpaired) electrons. The molecule has 14 heavy (non-hydrogen) atoms. The standard InChI is InChI=1S/C7H13N5O2/c1-4-14-6(13)5-11(2)7-8-9-10-12(7)3/h4-5H2,1-3H3. The number of aryl methyl sites for hydroxylation is 1. The molecule has 0 bridgehead atoms. The van der Waals surface area contributed by atoms with Crippen molar-refractivity contribution in [2.45, 2.75) is 6.92 Å². The van der Waals surface area contributed by atoms with E-state index in [0.29, 0.717) is 12.6 Å². The van der Waals surface area contributed by atoms with Gasteiger partial charge in [0, 0.05) is 14.1 Å². The summed E-state index contributed by atoms with van der Waals surface area (Å²) in [5.74, 6) is 0.232. The van der Waals surface area contributed by atoms with Gasteiger partial charge in [-0.25, -0.2) is 4.68 Å². The van der Waals surface area contributed by atoms with Gasteiger partial charge in [0.25, 0.3) is 0 Å². The number of likely N-dealkylation sites (N-methyl/N-ethyl adjacent to an activating group) is 1. The van der Waals surface area contributed by atoms with Crippen LogP contribution in [-0.4, -0.2) is 46.4 Å². The van der Waals surface area contributed by atoms with Gasteiger partial charge in [-0.3, -0.25) is 4.79 Å². The molecule has 7 heteroatoms. The molecule has 7 nitrogen and oxygen atoms in total. The van der Waals surface area contributed by atoms with E-state index in [2.05, 4.69) is 15.5 Å². The molecule has 0 atom stereocenters. The summed E-state index contributed by atoms with van der Waals surface area (Å²) in [5, 5.41) is 10.9. The molecule has 0 aliphatic heterocycles. The highest BCUT2D eigenvalue weighted by molar-refractivity contribution is 5.74. The first-order valence-electron chi connectivity index (χ1n) is 4.24. The zero-order valence-electron chi connectivity index (χ0n) is 8.47. The molecule has 0 saturated carbocycles. The predicted octanol–water partition coefficient (Wildman–Crippen LogP) is -0.791. The average Bonchev–Trinajstić information content (AvgIpc) is 2.51. The molecule has 0 unspecified atom stereocenters. The lowest BCUT2D eigenvalue weighted by Crippen LogP contribution is -2.29. The number of esters is 1. The molecule has 0 amide bonds. The fourth-order valence-corrected chi connectivity index (χ4v) is 1.02. The quantitative estimate of drug-likeness (QED) is 0.592. The second-order valence-corrected chi connectivity index (χ2v) is 2.76. The minimum absolute atomic E-state index is 0.141. The number of tetrazole rings is 1. The minimum Gasteiger partial charge on any atom is -0.465 e. The Morgan fingerprint density at radius 1 is 1.64 bits per heavy atom. The van der Waals surface area contributed by atoms with E-state index in [-0.39, 0.29) is 12.5 Å². The van der Waals surface area contributed by atoms with Crippen LogP contribution >= 0.6 is 0 Å². The number of carbonyl (C=O) groups is 1. The van der Waals surface area contributed by atoms with Crippen LogP contribution in [-0.2, 0) is 16.6 Å². The van der Waals surface area contributed by atoms with Crippen molar-refractivity contribution < 1.29 is 9.53 Å². The van der Waals surface area contributed by atoms with E-state index in [0.717, 1.165) is 0 Å². The van der Waals surface area contributed by atoms with Gasteiger partial charge in [0.1, 0.15) is 6.54 Å². The minimum atomic E-state index is -0.294. The molecule has 1 aromatic rings. The summed E-state index contributed by atoms with van der Waals surface area (Å²) in [6.45, 7) is 2.29. The van der Waals surface area contributed by atoms with Crippen molar-refractivity contribution in [2.24, 2.45) is 7.05 Å². The maximum absolute atomic E-state index is 11.1. The number of hydrogen-bond acceptors (Lipinski definition) is 6. The highest BCUT2D eigenvalue weighted by atomic mass is 16.5. The third-order valence-corrected chi connectivity index (χ3v) is 1.61. The van der Waals surface area contributed by atoms with E-state index in [9.17, 15) is 4.79 Å². The molecule has 1 rings (SSSR count). The number of anilines is 1. The zero-order chi connectivity index (χ0) is 10.6. The van der Waals surface area contributed by atoms with Gasteiger partial charge in [0.05, 0.1) is 6.61 Å². The van der Waals surface area contributed by atoms with E-state index in [1.807, 2.05) is 0 Å². The van der Waals surface area contributed by atoms with Crippen LogP contribution in [0.25, 0.3) is 0 Å². The van der Waals surface area contributed by atoms with Crippen LogP contribution in [0.3, 0.4) is 0 Å². The summed E-state index contributed by atoms with van der Waals surface area (Å²) >= 11 is 0. The molecule has 0 aliphatic carbocycles. The lowest BCUT2D eigenvalue weighted by Gasteiger charge is -2.14. The topological polar surface area (TPSA) is 73.1 Å². The maximum atomic E-state index is 11.1. The summed E-state index contributed by atoms with van der Waals surface area (Å²) in [7, 11) is 3.43. The van der Waals surface area contributed by atoms with Crippen molar-refractivity contribution in [3.63, 3.8) is 0 Å². The Kier molecular flexibility index (Phi) is 3.38. The van der Waals surface area contributed by atoms with Crippen LogP contribution in [0.4, 0.5) is 5.95 Å². The van der Waals surface area contributed by atoms with E-state index < -0.39 is 0 Å². The van der Waals surface area contributed by atoms with Gasteiger partial charge in [-0.1, -0.05) is 5.10 Å². The lowest BCUT2D eigenvalue weighted by atomic mass is 10.6. The molecule has 0 fully saturated rings. The van der Waals surface area contributed by atoms with Gasteiger partial charge in [-0.05, 0) is 17.4 Å². The van der Waals surface area contributed by atoms with Crippen molar-refractivity contribution >= 4 is 11.9 Å². The zero-order valence-corrected chi connectivity index (χ0v) is 8.47. The van der Waals surface area contributed by atoms with Crippen molar-refractivity contribution in [3.8, 4) is 0 Å². The summed E-state index contributed by atoms with van der Waals surface area (Å²) in [5.41, 5.74) is 0. The molecule has 1 heterocycles. The van der Waals surface area contributed by atoms with Crippen molar-refractivity contribution in [2.75, 3.05) is 25.1 Å². The molecule has 1 aromatic heterocycles. The number of carbonyl (C=O) groups excluding carboxylic acids is 1. The molecule has 0 aliphatic rings. The van der Waals surface area contributed by atoms with Crippen LogP contribution in [0.5, 0.6) is 0 Å². The second-order valence-electron chi connectivity index (χ2n) is 2.76. The number of aromatic nitrogens is 4. The van der Waals surface area contributed by atoms with Crippen LogP contribution in [0.1, 0.15) is 6.92 Å². The number of rotatable bonds is 4. The van der Waals surface area contributed by atoms with Gasteiger partial charge < -0.3 is 9.64 Å². The Hall–Kier alpha value is -1.66. The molecule has 78 valence electrons. The summed E-state index contributed by atoms with van der Waals surface area (Å²) in [6.07, 6.45) is 0. The van der Waals surface area contributed by atoms with Gasteiger partial charge in [-0.15, -0.1) is 0 Å². The first-order valence-corrected chi connectivity index (χ1v) is 4.24. The monoisotopic (exact) mass is 199 g/mol. The molecule has 0 N–H and O–H groups in total. The predicted molar refractivity (Wildman–Crippen MR) is 48.7 cm³/mol. The highest BCUT2D eigenvalue weighted by Gasteiger charge is 2.12. The fraction of sp³-hybridized carbons (Fsp3) is 0.714. The fourth-order valence-electron chi connectivity index (χ4n) is 1.02. The van der Waals surface area contributed by atoms with Gasteiger partial charge >= 0.3 is 5.97 Å². The Balaban J connectivity index is 2.54. The van der Waals surface area contributed by atoms with Crippen LogP contribution in [0.15, 0.2) is 0 Å². The van der Waals surface area contributed by atoms with Gasteiger partial charge in [0.15, 0.2) is 0 Å². The average molecular weight is 199 g/mol. The second kappa shape index (κ2) is 4.54. The third kappa shape index (κ3) is 2.41. The molecular formula is C7H13N5O2. The van der Waals surface area contributed by atoms with E-state index in [1.165, 1.54) is 4.68 Å². The number of ether oxygens (including phenoxy) is 1. The largest absolute Gasteiger partial charge is 0.465 e. The first-order chi connectivity index (χ1) is 6.65. The third-order valence-electron chi connectivity index (χ3n) is 1.61. The number of nitrogens with zero attached hydrogens (tertiary/aromatic N) is 5. The molecule has 0 spiro atoms. The van der Waals surface area contributed by atoms with Gasteiger partial charge in [-0.2, -0.15) is 0 Å². The van der Waals surface area contributed by atoms with Crippen LogP contribution < -0.4 is 4.90 Å². The van der Waals surface area contributed by atoms with Gasteiger partial charge in [0.2, 0.25) is 5.95 Å². The Labute approximate surface area is 81.6 Å². The Morgan fingerprint density at radius 3 is 2.86 bits per heavy atom. The smallest absolute Gasteiger partial charge is 0.325 e. The molecule has 0 saturated heterocycles. The summed E-state index contributed by atoms with van der Waals surface area (Å²) < 4.78 is 6.28. The normalized spacial score (nSPS) is 9.93. The SMILES string of the molecule is CCOC(=O)CN(C)c1nnnn1C. The molecule has 0 aromatic carbocycles. The van der Waals surface area contributed by atoms with Crippen molar-refractivity contribution in [3.05, 3.63) is 0 Å². The van der Waals surface area contributed by atoms with Crippen molar-refractivity contribution in [1.29, 1.82) is 0 Å². The first kappa shape index (κ1) is 10.4. The maximum Gasteiger partial charge on any atom is 0.325 e. The van der Waals surface area contributed by atoms with Crippen LogP contribution in [0.2, 0.25) is 0 Å². The van der Waals surface area contributed by atoms with E-state index in [1.54, 1.807) is 25.9 Å². The van der Waals surface area contributed by atoms with Crippen molar-refractivity contribution in [1.82, 2.24) is 20.2 Å². The highest BCUT2D eigenvalue weighted by Crippen LogP contribution is 2.02. The van der Waals surface area contributed by atoms with Crippen LogP contribution in [0, 0.1) is 0 Å². The summed E-state index contributed by atoms with van der Waals surface area (Å²) in [6, 6.07) is 0. The Bertz CT molecular complexity index is 311. The van der Waals surface area contributed by atoms with E-state index >= 15 is 0 Å². The van der Waals surface area contributed by atoms with E-state index in [4.69, 9.17) is 4.74 Å². The number of hydrogen-bond donors (Lipinski definition) is 0. The summed E-state index contributed by atoms with van der Waals surface area (Å²) in [4.78, 5) is 12.7. The Morgan fingerprint density at radius 2 is 2.36 bits per heavy atom. The molecular weight excluding hydrogens is 186 g/mol. The lowest BCUT2D eigenvalue weighted by molar-refractivity contribution is -0.141.